The Morgan fingerprint density at radius 1 is 1.10 bits per heavy atom. The van der Waals surface area contributed by atoms with Crippen molar-refractivity contribution in [3.8, 4) is 0 Å². The second-order valence-electron chi connectivity index (χ2n) is 6.54. The first-order chi connectivity index (χ1) is 14.0. The van der Waals surface area contributed by atoms with Crippen LogP contribution in [0.15, 0.2) is 59.1 Å². The van der Waals surface area contributed by atoms with Gasteiger partial charge in [0.15, 0.2) is 0 Å². The number of halogens is 2. The summed E-state index contributed by atoms with van der Waals surface area (Å²) in [5.41, 5.74) is 6.01. The number of para-hydroxylation sites is 1. The minimum Gasteiger partial charge on any atom is -0.323 e. The number of rotatable bonds is 3. The summed E-state index contributed by atoms with van der Waals surface area (Å²) in [7, 11) is 1.82. The van der Waals surface area contributed by atoms with E-state index in [9.17, 15) is 4.79 Å². The van der Waals surface area contributed by atoms with Crippen molar-refractivity contribution in [2.24, 2.45) is 7.05 Å². The molecule has 1 aliphatic rings. The van der Waals surface area contributed by atoms with Crippen LogP contribution >= 0.6 is 23.2 Å². The average molecular weight is 422 g/mol. The topological polar surface area (TPSA) is 75.6 Å². The van der Waals surface area contributed by atoms with Gasteiger partial charge >= 0.3 is 0 Å². The van der Waals surface area contributed by atoms with Gasteiger partial charge in [-0.15, -0.1) is 5.73 Å². The number of imidazole rings is 1. The minimum absolute atomic E-state index is 0.240. The maximum atomic E-state index is 12.9. The third kappa shape index (κ3) is 2.86. The Hall–Kier alpha value is -3.31. The van der Waals surface area contributed by atoms with Gasteiger partial charge in [0.1, 0.15) is 5.82 Å². The van der Waals surface area contributed by atoms with Crippen LogP contribution in [0.5, 0.6) is 0 Å². The van der Waals surface area contributed by atoms with Crippen molar-refractivity contribution in [2.45, 2.75) is 0 Å². The standard InChI is InChI=1S/C21H13Cl2N5O/c1-28-18-15(25-21(28)26-17-12(22)7-4-8-13(17)23)10-9-14-16(18)20(29)27-19(24-14)11-5-2-3-6-11/h2-5,7-10H,1H3,(H,25,26)(H,24,27,29). The fourth-order valence-electron chi connectivity index (χ4n) is 3.38. The van der Waals surface area contributed by atoms with Gasteiger partial charge in [-0.2, -0.15) is 0 Å². The van der Waals surface area contributed by atoms with Crippen molar-refractivity contribution >= 4 is 62.3 Å². The lowest BCUT2D eigenvalue weighted by molar-refractivity contribution is 0.960. The highest BCUT2D eigenvalue weighted by molar-refractivity contribution is 6.39. The summed E-state index contributed by atoms with van der Waals surface area (Å²) in [6.07, 6.45) is 5.48. The smallest absolute Gasteiger partial charge is 0.261 e. The molecule has 0 amide bonds. The van der Waals surface area contributed by atoms with Crippen molar-refractivity contribution in [1.82, 2.24) is 19.5 Å². The molecule has 29 heavy (non-hydrogen) atoms. The van der Waals surface area contributed by atoms with Gasteiger partial charge in [0.25, 0.3) is 5.56 Å². The van der Waals surface area contributed by atoms with Crippen LogP contribution in [0.2, 0.25) is 10.0 Å². The summed E-state index contributed by atoms with van der Waals surface area (Å²) in [6, 6.07) is 8.88. The predicted octanol–water partition coefficient (Wildman–Crippen LogP) is 4.97. The van der Waals surface area contributed by atoms with Gasteiger partial charge in [-0.3, -0.25) is 4.79 Å². The molecule has 0 fully saturated rings. The molecule has 2 N–H and O–H groups in total. The van der Waals surface area contributed by atoms with E-state index in [0.717, 1.165) is 5.57 Å². The Morgan fingerprint density at radius 2 is 1.86 bits per heavy atom. The molecule has 8 heteroatoms. The molecule has 0 unspecified atom stereocenters. The summed E-state index contributed by atoms with van der Waals surface area (Å²) in [4.78, 5) is 25.0. The number of hydrogen-bond acceptors (Lipinski definition) is 4. The van der Waals surface area contributed by atoms with E-state index in [0.29, 0.717) is 49.4 Å². The lowest BCUT2D eigenvalue weighted by Gasteiger charge is -2.10. The van der Waals surface area contributed by atoms with Crippen LogP contribution in [0.4, 0.5) is 11.6 Å². The van der Waals surface area contributed by atoms with Crippen LogP contribution in [-0.4, -0.2) is 19.5 Å². The van der Waals surface area contributed by atoms with Crippen molar-refractivity contribution < 1.29 is 0 Å². The average Bonchev–Trinajstić information content (AvgIpc) is 3.33. The fourth-order valence-corrected chi connectivity index (χ4v) is 3.87. The third-order valence-electron chi connectivity index (χ3n) is 4.76. The fraction of sp³-hybridized carbons (Fsp3) is 0.0476. The van der Waals surface area contributed by atoms with Gasteiger partial charge in [-0.1, -0.05) is 35.3 Å². The van der Waals surface area contributed by atoms with E-state index in [4.69, 9.17) is 23.2 Å². The number of hydrogen-bond donors (Lipinski definition) is 2. The molecule has 0 atom stereocenters. The molecule has 0 saturated carbocycles. The zero-order valence-corrected chi connectivity index (χ0v) is 16.6. The van der Waals surface area contributed by atoms with Gasteiger partial charge in [0, 0.05) is 7.05 Å². The highest BCUT2D eigenvalue weighted by Crippen LogP contribution is 2.33. The monoisotopic (exact) mass is 421 g/mol. The quantitative estimate of drug-likeness (QED) is 0.458. The molecule has 0 aliphatic heterocycles. The summed E-state index contributed by atoms with van der Waals surface area (Å²) < 4.78 is 1.79. The molecule has 2 aromatic heterocycles. The molecule has 1 aliphatic carbocycles. The lowest BCUT2D eigenvalue weighted by Crippen LogP contribution is -2.12. The Balaban J connectivity index is 1.71. The van der Waals surface area contributed by atoms with Crippen molar-refractivity contribution in [3.63, 3.8) is 0 Å². The zero-order valence-electron chi connectivity index (χ0n) is 15.1. The molecule has 0 saturated heterocycles. The van der Waals surface area contributed by atoms with Gasteiger partial charge in [-0.05, 0) is 36.4 Å². The minimum atomic E-state index is -0.240. The molecular weight excluding hydrogens is 409 g/mol. The van der Waals surface area contributed by atoms with E-state index in [2.05, 4.69) is 26.0 Å². The number of fused-ring (bicyclic) bond motifs is 3. The number of aromatic amines is 1. The number of benzene rings is 2. The molecule has 0 bridgehead atoms. The van der Waals surface area contributed by atoms with E-state index < -0.39 is 0 Å². The summed E-state index contributed by atoms with van der Waals surface area (Å²) in [6.45, 7) is 0. The first kappa shape index (κ1) is 17.8. The first-order valence-corrected chi connectivity index (χ1v) is 9.53. The Kier molecular flexibility index (Phi) is 4.07. The van der Waals surface area contributed by atoms with Crippen LogP contribution in [-0.2, 0) is 7.05 Å². The molecule has 2 aromatic carbocycles. The highest BCUT2D eigenvalue weighted by atomic mass is 35.5. The number of H-pyrrole nitrogens is 1. The molecule has 4 aromatic rings. The molecule has 0 radical (unpaired) electrons. The van der Waals surface area contributed by atoms with Crippen molar-refractivity contribution in [1.29, 1.82) is 0 Å². The summed E-state index contributed by atoms with van der Waals surface area (Å²) in [5, 5.41) is 4.58. The molecular formula is C21H13Cl2N5O. The predicted molar refractivity (Wildman–Crippen MR) is 117 cm³/mol. The Bertz CT molecular complexity index is 1450. The van der Waals surface area contributed by atoms with Crippen molar-refractivity contribution in [3.05, 3.63) is 80.5 Å². The maximum Gasteiger partial charge on any atom is 0.261 e. The number of allylic oxidation sites excluding steroid dienone is 3. The highest BCUT2D eigenvalue weighted by Gasteiger charge is 2.17. The van der Waals surface area contributed by atoms with Crippen LogP contribution in [0.3, 0.4) is 0 Å². The Morgan fingerprint density at radius 3 is 2.59 bits per heavy atom. The van der Waals surface area contributed by atoms with Crippen LogP contribution in [0.1, 0.15) is 5.82 Å². The molecule has 142 valence electrons. The van der Waals surface area contributed by atoms with E-state index in [1.165, 1.54) is 0 Å². The van der Waals surface area contributed by atoms with Crippen LogP contribution < -0.4 is 10.9 Å². The maximum absolute atomic E-state index is 12.9. The second kappa shape index (κ2) is 6.64. The zero-order chi connectivity index (χ0) is 20.1. The van der Waals surface area contributed by atoms with Gasteiger partial charge in [0.05, 0.1) is 43.2 Å². The summed E-state index contributed by atoms with van der Waals surface area (Å²) >= 11 is 12.5. The SMILES string of the molecule is Cn1c(Nc2c(Cl)cccc2Cl)nc2ccc3nc(C4=C=CC=C4)[nH]c(=O)c3c21. The van der Waals surface area contributed by atoms with E-state index in [1.807, 2.05) is 25.3 Å². The van der Waals surface area contributed by atoms with E-state index in [-0.39, 0.29) is 5.56 Å². The normalized spacial score (nSPS) is 12.9. The largest absolute Gasteiger partial charge is 0.323 e. The van der Waals surface area contributed by atoms with Crippen molar-refractivity contribution in [2.75, 3.05) is 5.32 Å². The Labute approximate surface area is 174 Å². The van der Waals surface area contributed by atoms with Crippen LogP contribution in [0, 0.1) is 0 Å². The molecule has 2 heterocycles. The van der Waals surface area contributed by atoms with Gasteiger partial charge in [-0.25, -0.2) is 9.97 Å². The van der Waals surface area contributed by atoms with Crippen LogP contribution in [0.25, 0.3) is 27.5 Å². The third-order valence-corrected chi connectivity index (χ3v) is 5.39. The van der Waals surface area contributed by atoms with E-state index in [1.54, 1.807) is 34.9 Å². The van der Waals surface area contributed by atoms with Gasteiger partial charge < -0.3 is 14.9 Å². The summed E-state index contributed by atoms with van der Waals surface area (Å²) in [5.74, 6) is 0.991. The number of aromatic nitrogens is 4. The second-order valence-corrected chi connectivity index (χ2v) is 7.36. The number of aryl methyl sites for hydroxylation is 1. The number of anilines is 2. The number of nitrogens with one attached hydrogen (secondary N) is 2. The lowest BCUT2D eigenvalue weighted by atomic mass is 10.2. The number of nitrogens with zero attached hydrogens (tertiary/aromatic N) is 3. The molecule has 5 rings (SSSR count). The van der Waals surface area contributed by atoms with Gasteiger partial charge in [0.2, 0.25) is 5.95 Å². The molecule has 0 spiro atoms. The first-order valence-electron chi connectivity index (χ1n) is 8.77. The van der Waals surface area contributed by atoms with E-state index >= 15 is 0 Å². The molecule has 6 nitrogen and oxygen atoms in total.